The summed E-state index contributed by atoms with van der Waals surface area (Å²) in [4.78, 5) is 11.5. The molecule has 0 saturated carbocycles. The Hall–Kier alpha value is -1.56. The molecular formula is C16H26N4OS. The molecule has 0 saturated heterocycles. The molecule has 0 aliphatic heterocycles. The Bertz CT molecular complexity index is 520. The highest BCUT2D eigenvalue weighted by Gasteiger charge is 2.12. The predicted molar refractivity (Wildman–Crippen MR) is 91.9 cm³/mol. The molecule has 1 amide bonds. The van der Waals surface area contributed by atoms with E-state index in [0.717, 1.165) is 30.4 Å². The third-order valence-corrected chi connectivity index (χ3v) is 3.62. The van der Waals surface area contributed by atoms with Crippen LogP contribution in [0.15, 0.2) is 29.5 Å². The third-order valence-electron chi connectivity index (χ3n) is 2.95. The van der Waals surface area contributed by atoms with Crippen molar-refractivity contribution in [2.24, 2.45) is 5.92 Å². The first-order valence-corrected chi connectivity index (χ1v) is 8.84. The van der Waals surface area contributed by atoms with Crippen LogP contribution in [0.2, 0.25) is 0 Å². The smallest absolute Gasteiger partial charge is 0.243 e. The van der Waals surface area contributed by atoms with Gasteiger partial charge in [-0.2, -0.15) is 0 Å². The van der Waals surface area contributed by atoms with Gasteiger partial charge in [-0.05, 0) is 25.5 Å². The summed E-state index contributed by atoms with van der Waals surface area (Å²) in [5, 5.41) is 12.3. The van der Waals surface area contributed by atoms with E-state index in [1.54, 1.807) is 17.8 Å². The van der Waals surface area contributed by atoms with Crippen molar-refractivity contribution in [3.8, 4) is 0 Å². The van der Waals surface area contributed by atoms with Gasteiger partial charge in [-0.1, -0.05) is 43.8 Å². The van der Waals surface area contributed by atoms with Crippen LogP contribution in [-0.2, 0) is 17.8 Å². The number of carbonyl (C=O) groups excluding carboxylic acids is 1. The number of allylic oxidation sites excluding steroid dienone is 3. The average Bonchev–Trinajstić information content (AvgIpc) is 2.85. The van der Waals surface area contributed by atoms with E-state index >= 15 is 0 Å². The van der Waals surface area contributed by atoms with Gasteiger partial charge >= 0.3 is 0 Å². The van der Waals surface area contributed by atoms with Gasteiger partial charge in [0.15, 0.2) is 5.16 Å². The first kappa shape index (κ1) is 18.5. The Morgan fingerprint density at radius 2 is 2.14 bits per heavy atom. The number of amides is 1. The maximum Gasteiger partial charge on any atom is 0.243 e. The monoisotopic (exact) mass is 322 g/mol. The summed E-state index contributed by atoms with van der Waals surface area (Å²) in [7, 11) is 0. The largest absolute Gasteiger partial charge is 0.353 e. The number of hydrogen-bond acceptors (Lipinski definition) is 4. The van der Waals surface area contributed by atoms with Crippen LogP contribution < -0.4 is 5.32 Å². The van der Waals surface area contributed by atoms with Gasteiger partial charge in [-0.3, -0.25) is 4.79 Å². The Morgan fingerprint density at radius 1 is 1.36 bits per heavy atom. The summed E-state index contributed by atoms with van der Waals surface area (Å²) in [6.45, 7) is 7.86. The van der Waals surface area contributed by atoms with E-state index in [1.807, 2.05) is 25.3 Å². The molecule has 1 aromatic heterocycles. The fourth-order valence-electron chi connectivity index (χ4n) is 1.97. The molecule has 1 heterocycles. The summed E-state index contributed by atoms with van der Waals surface area (Å²) in [5.74, 6) is 1.49. The van der Waals surface area contributed by atoms with E-state index in [-0.39, 0.29) is 5.91 Å². The fraction of sp³-hybridized carbons (Fsp3) is 0.562. The number of nitrogens with zero attached hydrogens (tertiary/aromatic N) is 3. The van der Waals surface area contributed by atoms with Gasteiger partial charge in [0.1, 0.15) is 5.82 Å². The maximum atomic E-state index is 11.5. The molecule has 0 bridgehead atoms. The molecule has 0 aliphatic rings. The Morgan fingerprint density at radius 3 is 2.77 bits per heavy atom. The number of thioether (sulfide) groups is 1. The maximum absolute atomic E-state index is 11.5. The average molecular weight is 322 g/mol. The quantitative estimate of drug-likeness (QED) is 0.329. The van der Waals surface area contributed by atoms with E-state index < -0.39 is 0 Å². The van der Waals surface area contributed by atoms with E-state index in [9.17, 15) is 4.79 Å². The summed E-state index contributed by atoms with van der Waals surface area (Å²) < 4.78 is 2.18. The molecule has 5 nitrogen and oxygen atoms in total. The predicted octanol–water partition coefficient (Wildman–Crippen LogP) is 2.84. The van der Waals surface area contributed by atoms with Crippen molar-refractivity contribution >= 4 is 17.7 Å². The zero-order chi connectivity index (χ0) is 16.4. The molecule has 0 aromatic carbocycles. The molecule has 0 atom stereocenters. The Labute approximate surface area is 137 Å². The molecule has 1 aromatic rings. The number of hydrogen-bond donors (Lipinski definition) is 1. The van der Waals surface area contributed by atoms with E-state index in [2.05, 4.69) is 33.9 Å². The highest BCUT2D eigenvalue weighted by molar-refractivity contribution is 7.98. The zero-order valence-electron chi connectivity index (χ0n) is 13.9. The van der Waals surface area contributed by atoms with Crippen LogP contribution in [0.3, 0.4) is 0 Å². The number of aromatic nitrogens is 3. The summed E-state index contributed by atoms with van der Waals surface area (Å²) in [6.07, 6.45) is 10.7. The van der Waals surface area contributed by atoms with Crippen molar-refractivity contribution in [3.05, 3.63) is 30.1 Å². The van der Waals surface area contributed by atoms with E-state index in [1.165, 1.54) is 6.08 Å². The lowest BCUT2D eigenvalue weighted by Gasteiger charge is -2.11. The fourth-order valence-corrected chi connectivity index (χ4v) is 2.50. The lowest BCUT2D eigenvalue weighted by molar-refractivity contribution is -0.116. The minimum absolute atomic E-state index is 0.0634. The highest BCUT2D eigenvalue weighted by atomic mass is 32.2. The molecular weight excluding hydrogens is 296 g/mol. The van der Waals surface area contributed by atoms with Crippen LogP contribution in [0.25, 0.3) is 0 Å². The van der Waals surface area contributed by atoms with Crippen LogP contribution >= 0.6 is 11.8 Å². The second-order valence-corrected chi connectivity index (χ2v) is 6.16. The molecule has 6 heteroatoms. The second-order valence-electron chi connectivity index (χ2n) is 5.39. The Kier molecular flexibility index (Phi) is 8.58. The SMILES string of the molecule is C/C=C/C=C/C(=O)NCCCc1nnc(SC)n1CC(C)C. The molecule has 1 N–H and O–H groups in total. The molecule has 22 heavy (non-hydrogen) atoms. The first-order valence-electron chi connectivity index (χ1n) is 7.61. The summed E-state index contributed by atoms with van der Waals surface area (Å²) in [5.41, 5.74) is 0. The van der Waals surface area contributed by atoms with Crippen molar-refractivity contribution in [2.45, 2.75) is 45.3 Å². The lowest BCUT2D eigenvalue weighted by Crippen LogP contribution is -2.23. The first-order chi connectivity index (χ1) is 10.6. The van der Waals surface area contributed by atoms with Crippen LogP contribution in [0.5, 0.6) is 0 Å². The van der Waals surface area contributed by atoms with E-state index in [0.29, 0.717) is 12.5 Å². The normalized spacial score (nSPS) is 11.9. The van der Waals surface area contributed by atoms with Gasteiger partial charge in [-0.25, -0.2) is 0 Å². The third kappa shape index (κ3) is 6.47. The molecule has 0 aliphatic carbocycles. The zero-order valence-corrected chi connectivity index (χ0v) is 14.7. The topological polar surface area (TPSA) is 59.8 Å². The van der Waals surface area contributed by atoms with Gasteiger partial charge in [0.05, 0.1) is 0 Å². The summed E-state index contributed by atoms with van der Waals surface area (Å²) in [6, 6.07) is 0. The highest BCUT2D eigenvalue weighted by Crippen LogP contribution is 2.16. The van der Waals surface area contributed by atoms with Gasteiger partial charge in [0, 0.05) is 25.6 Å². The lowest BCUT2D eigenvalue weighted by atomic mass is 10.2. The molecule has 0 spiro atoms. The van der Waals surface area contributed by atoms with Crippen molar-refractivity contribution < 1.29 is 4.79 Å². The van der Waals surface area contributed by atoms with Crippen LogP contribution in [0.1, 0.15) is 33.0 Å². The molecule has 122 valence electrons. The van der Waals surface area contributed by atoms with Crippen molar-refractivity contribution in [3.63, 3.8) is 0 Å². The Balaban J connectivity index is 2.45. The van der Waals surface area contributed by atoms with Gasteiger partial charge < -0.3 is 9.88 Å². The van der Waals surface area contributed by atoms with Crippen LogP contribution in [0, 0.1) is 5.92 Å². The minimum Gasteiger partial charge on any atom is -0.353 e. The second kappa shape index (κ2) is 10.2. The van der Waals surface area contributed by atoms with Crippen molar-refractivity contribution in [1.82, 2.24) is 20.1 Å². The standard InChI is InChI=1S/C16H26N4OS/c1-5-6-7-10-15(21)17-11-8-9-14-18-19-16(22-4)20(14)12-13(2)3/h5-7,10,13H,8-9,11-12H2,1-4H3,(H,17,21)/b6-5+,10-7+. The number of rotatable bonds is 9. The number of carbonyl (C=O) groups is 1. The molecule has 0 fully saturated rings. The summed E-state index contributed by atoms with van der Waals surface area (Å²) >= 11 is 1.62. The molecule has 0 radical (unpaired) electrons. The van der Waals surface area contributed by atoms with Crippen molar-refractivity contribution in [2.75, 3.05) is 12.8 Å². The minimum atomic E-state index is -0.0634. The van der Waals surface area contributed by atoms with Gasteiger partial charge in [-0.15, -0.1) is 10.2 Å². The van der Waals surface area contributed by atoms with E-state index in [4.69, 9.17) is 0 Å². The molecule has 0 unspecified atom stereocenters. The van der Waals surface area contributed by atoms with Gasteiger partial charge in [0.25, 0.3) is 0 Å². The number of aryl methyl sites for hydroxylation is 1. The van der Waals surface area contributed by atoms with Gasteiger partial charge in [0.2, 0.25) is 5.91 Å². The number of nitrogens with one attached hydrogen (secondary N) is 1. The molecule has 1 rings (SSSR count). The van der Waals surface area contributed by atoms with Crippen LogP contribution in [0.4, 0.5) is 0 Å². The van der Waals surface area contributed by atoms with Crippen molar-refractivity contribution in [1.29, 1.82) is 0 Å². The van der Waals surface area contributed by atoms with Crippen LogP contribution in [-0.4, -0.2) is 33.5 Å².